The zero-order valence-electron chi connectivity index (χ0n) is 9.69. The van der Waals surface area contributed by atoms with Crippen molar-refractivity contribution >= 4 is 12.0 Å². The highest BCUT2D eigenvalue weighted by Gasteiger charge is 2.28. The number of rotatable bonds is 2. The lowest BCUT2D eigenvalue weighted by Crippen LogP contribution is -2.24. The lowest BCUT2D eigenvalue weighted by molar-refractivity contribution is -0.142. The van der Waals surface area contributed by atoms with E-state index < -0.39 is 0 Å². The Kier molecular flexibility index (Phi) is 2.82. The second kappa shape index (κ2) is 4.12. The van der Waals surface area contributed by atoms with E-state index in [0.717, 1.165) is 6.42 Å². The Labute approximate surface area is 95.9 Å². The summed E-state index contributed by atoms with van der Waals surface area (Å²) in [5.41, 5.74) is 2.45. The standard InChI is InChI=1S/C14H16O2/c1-14(10-13(15)16-2)8-7-11-5-3-4-6-12(11)9-14/h3-8H,9-10H2,1-2H3. The summed E-state index contributed by atoms with van der Waals surface area (Å²) in [4.78, 5) is 11.3. The Morgan fingerprint density at radius 2 is 2.19 bits per heavy atom. The second-order valence-corrected chi connectivity index (χ2v) is 4.62. The summed E-state index contributed by atoms with van der Waals surface area (Å²) in [6, 6.07) is 8.29. The average molecular weight is 216 g/mol. The molecule has 1 atom stereocenters. The van der Waals surface area contributed by atoms with E-state index in [9.17, 15) is 4.79 Å². The van der Waals surface area contributed by atoms with Crippen LogP contribution in [0.2, 0.25) is 0 Å². The van der Waals surface area contributed by atoms with Crippen molar-refractivity contribution in [2.75, 3.05) is 7.11 Å². The van der Waals surface area contributed by atoms with Crippen LogP contribution in [0.15, 0.2) is 30.3 Å². The molecule has 0 N–H and O–H groups in total. The second-order valence-electron chi connectivity index (χ2n) is 4.62. The summed E-state index contributed by atoms with van der Waals surface area (Å²) in [5.74, 6) is -0.147. The van der Waals surface area contributed by atoms with Crippen molar-refractivity contribution in [3.8, 4) is 0 Å². The highest BCUT2D eigenvalue weighted by Crippen LogP contribution is 2.35. The van der Waals surface area contributed by atoms with Crippen LogP contribution in [0.3, 0.4) is 0 Å². The molecule has 0 bridgehead atoms. The molecular weight excluding hydrogens is 200 g/mol. The minimum absolute atomic E-state index is 0.110. The van der Waals surface area contributed by atoms with Gasteiger partial charge in [0.15, 0.2) is 0 Å². The molecule has 1 aromatic rings. The number of fused-ring (bicyclic) bond motifs is 1. The number of carbonyl (C=O) groups excluding carboxylic acids is 1. The van der Waals surface area contributed by atoms with Crippen molar-refractivity contribution in [3.05, 3.63) is 41.5 Å². The molecule has 1 aliphatic carbocycles. The minimum atomic E-state index is -0.147. The van der Waals surface area contributed by atoms with Crippen LogP contribution in [-0.2, 0) is 16.0 Å². The molecule has 0 radical (unpaired) electrons. The van der Waals surface area contributed by atoms with Gasteiger partial charge in [0.05, 0.1) is 13.5 Å². The van der Waals surface area contributed by atoms with E-state index in [4.69, 9.17) is 4.74 Å². The van der Waals surface area contributed by atoms with Crippen LogP contribution in [0.5, 0.6) is 0 Å². The van der Waals surface area contributed by atoms with Gasteiger partial charge in [0, 0.05) is 5.41 Å². The summed E-state index contributed by atoms with van der Waals surface area (Å²) in [6.45, 7) is 2.09. The van der Waals surface area contributed by atoms with Gasteiger partial charge in [-0.3, -0.25) is 4.79 Å². The van der Waals surface area contributed by atoms with Crippen molar-refractivity contribution in [2.24, 2.45) is 5.41 Å². The van der Waals surface area contributed by atoms with Crippen LogP contribution in [0.1, 0.15) is 24.5 Å². The number of hydrogen-bond acceptors (Lipinski definition) is 2. The Bertz CT molecular complexity index is 434. The van der Waals surface area contributed by atoms with Crippen molar-refractivity contribution in [2.45, 2.75) is 19.8 Å². The Morgan fingerprint density at radius 3 is 2.94 bits per heavy atom. The highest BCUT2D eigenvalue weighted by molar-refractivity contribution is 5.71. The lowest BCUT2D eigenvalue weighted by Gasteiger charge is -2.29. The quantitative estimate of drug-likeness (QED) is 0.710. The van der Waals surface area contributed by atoms with E-state index >= 15 is 0 Å². The fraction of sp³-hybridized carbons (Fsp3) is 0.357. The molecule has 2 heteroatoms. The first-order valence-corrected chi connectivity index (χ1v) is 5.47. The lowest BCUT2D eigenvalue weighted by atomic mass is 9.76. The van der Waals surface area contributed by atoms with Gasteiger partial charge >= 0.3 is 5.97 Å². The third-order valence-corrected chi connectivity index (χ3v) is 3.09. The molecule has 1 aliphatic rings. The van der Waals surface area contributed by atoms with Crippen LogP contribution >= 0.6 is 0 Å². The van der Waals surface area contributed by atoms with Gasteiger partial charge in [0.25, 0.3) is 0 Å². The normalized spacial score (nSPS) is 22.6. The first kappa shape index (κ1) is 10.9. The number of allylic oxidation sites excluding steroid dienone is 1. The number of benzene rings is 1. The van der Waals surface area contributed by atoms with Crippen molar-refractivity contribution in [1.29, 1.82) is 0 Å². The van der Waals surface area contributed by atoms with E-state index in [2.05, 4.69) is 31.2 Å². The van der Waals surface area contributed by atoms with E-state index in [1.807, 2.05) is 12.1 Å². The van der Waals surface area contributed by atoms with Crippen molar-refractivity contribution in [1.82, 2.24) is 0 Å². The Balaban J connectivity index is 2.21. The molecule has 0 aliphatic heterocycles. The maximum Gasteiger partial charge on any atom is 0.306 e. The summed E-state index contributed by atoms with van der Waals surface area (Å²) in [6.07, 6.45) is 5.55. The van der Waals surface area contributed by atoms with Crippen LogP contribution in [0, 0.1) is 5.41 Å². The smallest absolute Gasteiger partial charge is 0.306 e. The molecule has 2 rings (SSSR count). The minimum Gasteiger partial charge on any atom is -0.469 e. The zero-order chi connectivity index (χ0) is 11.6. The van der Waals surface area contributed by atoms with Gasteiger partial charge in [-0.05, 0) is 17.5 Å². The molecule has 16 heavy (non-hydrogen) atoms. The van der Waals surface area contributed by atoms with Gasteiger partial charge in [0.2, 0.25) is 0 Å². The van der Waals surface area contributed by atoms with Gasteiger partial charge < -0.3 is 4.74 Å². The maximum absolute atomic E-state index is 11.3. The third kappa shape index (κ3) is 2.16. The topological polar surface area (TPSA) is 26.3 Å². The molecule has 1 unspecified atom stereocenters. The first-order valence-electron chi connectivity index (χ1n) is 5.47. The fourth-order valence-electron chi connectivity index (χ4n) is 2.17. The van der Waals surface area contributed by atoms with Crippen molar-refractivity contribution in [3.63, 3.8) is 0 Å². The predicted octanol–water partition coefficient (Wildman–Crippen LogP) is 2.83. The molecule has 0 spiro atoms. The molecule has 0 amide bonds. The number of ether oxygens (including phenoxy) is 1. The summed E-state index contributed by atoms with van der Waals surface area (Å²) in [5, 5.41) is 0. The maximum atomic E-state index is 11.3. The molecule has 2 nitrogen and oxygen atoms in total. The number of methoxy groups -OCH3 is 1. The van der Waals surface area contributed by atoms with Crippen molar-refractivity contribution < 1.29 is 9.53 Å². The number of carbonyl (C=O) groups is 1. The van der Waals surface area contributed by atoms with Gasteiger partial charge in [-0.1, -0.05) is 43.3 Å². The molecule has 0 aromatic heterocycles. The van der Waals surface area contributed by atoms with Gasteiger partial charge in [0.1, 0.15) is 0 Å². The monoisotopic (exact) mass is 216 g/mol. The molecule has 84 valence electrons. The van der Waals surface area contributed by atoms with Crippen LogP contribution in [-0.4, -0.2) is 13.1 Å². The van der Waals surface area contributed by atoms with Crippen LogP contribution in [0.25, 0.3) is 6.08 Å². The van der Waals surface area contributed by atoms with Gasteiger partial charge in [-0.25, -0.2) is 0 Å². The Morgan fingerprint density at radius 1 is 1.44 bits per heavy atom. The van der Waals surface area contributed by atoms with Gasteiger partial charge in [-0.15, -0.1) is 0 Å². The van der Waals surface area contributed by atoms with E-state index in [1.54, 1.807) is 0 Å². The summed E-state index contributed by atoms with van der Waals surface area (Å²) < 4.78 is 4.73. The van der Waals surface area contributed by atoms with Crippen LogP contribution < -0.4 is 0 Å². The first-order chi connectivity index (χ1) is 7.63. The largest absolute Gasteiger partial charge is 0.469 e. The molecular formula is C14H16O2. The highest BCUT2D eigenvalue weighted by atomic mass is 16.5. The average Bonchev–Trinajstić information content (AvgIpc) is 2.28. The third-order valence-electron chi connectivity index (χ3n) is 3.09. The van der Waals surface area contributed by atoms with E-state index in [-0.39, 0.29) is 11.4 Å². The number of esters is 1. The van der Waals surface area contributed by atoms with E-state index in [0.29, 0.717) is 6.42 Å². The molecule has 0 fully saturated rings. The molecule has 0 saturated carbocycles. The summed E-state index contributed by atoms with van der Waals surface area (Å²) >= 11 is 0. The number of hydrogen-bond donors (Lipinski definition) is 0. The predicted molar refractivity (Wildman–Crippen MR) is 63.9 cm³/mol. The van der Waals surface area contributed by atoms with Gasteiger partial charge in [-0.2, -0.15) is 0 Å². The van der Waals surface area contributed by atoms with Crippen LogP contribution in [0.4, 0.5) is 0 Å². The fourth-order valence-corrected chi connectivity index (χ4v) is 2.17. The SMILES string of the molecule is COC(=O)CC1(C)C=Cc2ccccc2C1. The van der Waals surface area contributed by atoms with E-state index in [1.165, 1.54) is 18.2 Å². The Hall–Kier alpha value is -1.57. The molecule has 0 saturated heterocycles. The summed E-state index contributed by atoms with van der Waals surface area (Å²) in [7, 11) is 1.44. The zero-order valence-corrected chi connectivity index (χ0v) is 9.69. The molecule has 1 aromatic carbocycles. The molecule has 0 heterocycles.